The van der Waals surface area contributed by atoms with Crippen LogP contribution in [0.25, 0.3) is 0 Å². The molecule has 1 aromatic rings. The van der Waals surface area contributed by atoms with Gasteiger partial charge in [-0.15, -0.1) is 0 Å². The van der Waals surface area contributed by atoms with E-state index in [1.165, 1.54) is 9.87 Å². The van der Waals surface area contributed by atoms with Gasteiger partial charge in [0.1, 0.15) is 0 Å². The third kappa shape index (κ3) is 6.59. The first-order valence-electron chi connectivity index (χ1n) is 7.30. The normalized spacial score (nSPS) is 14.4. The lowest BCUT2D eigenvalue weighted by molar-refractivity contribution is 0.314. The van der Waals surface area contributed by atoms with Gasteiger partial charge in [0.05, 0.1) is 5.75 Å². The van der Waals surface area contributed by atoms with Gasteiger partial charge in [-0.1, -0.05) is 51.1 Å². The zero-order chi connectivity index (χ0) is 16.1. The molecule has 5 heteroatoms. The summed E-state index contributed by atoms with van der Waals surface area (Å²) in [4.78, 5) is 0. The maximum absolute atomic E-state index is 11.8. The van der Waals surface area contributed by atoms with Crippen LogP contribution in [0.4, 0.5) is 0 Å². The van der Waals surface area contributed by atoms with Gasteiger partial charge < -0.3 is 5.32 Å². The molecule has 1 unspecified atom stereocenters. The van der Waals surface area contributed by atoms with Crippen molar-refractivity contribution in [1.29, 1.82) is 0 Å². The van der Waals surface area contributed by atoms with Crippen LogP contribution < -0.4 is 5.32 Å². The highest BCUT2D eigenvalue weighted by Gasteiger charge is 2.21. The van der Waals surface area contributed by atoms with E-state index in [1.807, 2.05) is 18.2 Å². The molecule has 0 saturated carbocycles. The quantitative estimate of drug-likeness (QED) is 0.842. The molecule has 0 spiro atoms. The van der Waals surface area contributed by atoms with Gasteiger partial charge in [0.2, 0.25) is 10.0 Å². The van der Waals surface area contributed by atoms with Crippen LogP contribution in [-0.4, -0.2) is 39.1 Å². The largest absolute Gasteiger partial charge is 0.309 e. The van der Waals surface area contributed by atoms with E-state index in [-0.39, 0.29) is 17.2 Å². The average molecular weight is 312 g/mol. The number of nitrogens with zero attached hydrogens (tertiary/aromatic N) is 1. The maximum atomic E-state index is 11.8. The Balaban J connectivity index is 2.71. The Hall–Kier alpha value is -0.910. The summed E-state index contributed by atoms with van der Waals surface area (Å²) in [6.07, 6.45) is 0.957. The summed E-state index contributed by atoms with van der Waals surface area (Å²) in [5.74, 6) is 0.119. The van der Waals surface area contributed by atoms with Crippen LogP contribution in [0.2, 0.25) is 0 Å². The fourth-order valence-corrected chi connectivity index (χ4v) is 2.89. The molecular weight excluding hydrogens is 284 g/mol. The van der Waals surface area contributed by atoms with Gasteiger partial charge in [0.15, 0.2) is 0 Å². The molecular formula is C16H28N2O2S. The number of hydrogen-bond acceptors (Lipinski definition) is 3. The third-order valence-corrected chi connectivity index (χ3v) is 5.16. The molecule has 0 heterocycles. The van der Waals surface area contributed by atoms with Gasteiger partial charge in [0, 0.05) is 26.7 Å². The number of hydrogen-bond donors (Lipinski definition) is 1. The van der Waals surface area contributed by atoms with Crippen LogP contribution in [-0.2, 0) is 10.0 Å². The van der Waals surface area contributed by atoms with E-state index >= 15 is 0 Å². The summed E-state index contributed by atoms with van der Waals surface area (Å²) in [6, 6.07) is 10.4. The van der Waals surface area contributed by atoms with Crippen molar-refractivity contribution in [1.82, 2.24) is 9.62 Å². The van der Waals surface area contributed by atoms with Crippen LogP contribution >= 0.6 is 0 Å². The monoisotopic (exact) mass is 312 g/mol. The van der Waals surface area contributed by atoms with Gasteiger partial charge in [-0.25, -0.2) is 12.7 Å². The molecule has 0 aromatic heterocycles. The molecule has 0 aliphatic rings. The molecule has 1 N–H and O–H groups in total. The first-order valence-corrected chi connectivity index (χ1v) is 8.91. The highest BCUT2D eigenvalue weighted by atomic mass is 32.2. The minimum atomic E-state index is -3.15. The van der Waals surface area contributed by atoms with Crippen molar-refractivity contribution in [2.45, 2.75) is 33.2 Å². The Morgan fingerprint density at radius 3 is 2.19 bits per heavy atom. The lowest BCUT2D eigenvalue weighted by atomic mass is 9.85. The summed E-state index contributed by atoms with van der Waals surface area (Å²) >= 11 is 0. The van der Waals surface area contributed by atoms with Crippen LogP contribution in [0.1, 0.15) is 38.8 Å². The molecule has 0 saturated heterocycles. The maximum Gasteiger partial charge on any atom is 0.214 e. The minimum Gasteiger partial charge on any atom is -0.309 e. The van der Waals surface area contributed by atoms with Crippen molar-refractivity contribution in [3.8, 4) is 0 Å². The van der Waals surface area contributed by atoms with Crippen molar-refractivity contribution in [2.75, 3.05) is 26.4 Å². The van der Waals surface area contributed by atoms with E-state index in [2.05, 4.69) is 38.2 Å². The Morgan fingerprint density at radius 1 is 1.14 bits per heavy atom. The van der Waals surface area contributed by atoms with E-state index in [0.717, 1.165) is 6.42 Å². The number of rotatable bonds is 7. The Morgan fingerprint density at radius 2 is 1.71 bits per heavy atom. The molecule has 0 aliphatic carbocycles. The second-order valence-corrected chi connectivity index (χ2v) is 9.08. The van der Waals surface area contributed by atoms with E-state index in [9.17, 15) is 8.42 Å². The molecule has 120 valence electrons. The van der Waals surface area contributed by atoms with Crippen LogP contribution in [0.15, 0.2) is 30.3 Å². The summed E-state index contributed by atoms with van der Waals surface area (Å²) in [5, 5.41) is 3.40. The lowest BCUT2D eigenvalue weighted by Gasteiger charge is -2.27. The fraction of sp³-hybridized carbons (Fsp3) is 0.625. The molecule has 0 radical (unpaired) electrons. The third-order valence-electron chi connectivity index (χ3n) is 3.33. The topological polar surface area (TPSA) is 49.4 Å². The first kappa shape index (κ1) is 18.1. The summed E-state index contributed by atoms with van der Waals surface area (Å²) < 4.78 is 24.9. The van der Waals surface area contributed by atoms with Crippen molar-refractivity contribution < 1.29 is 8.42 Å². The summed E-state index contributed by atoms with van der Waals surface area (Å²) in [7, 11) is -0.0117. The smallest absolute Gasteiger partial charge is 0.214 e. The standard InChI is InChI=1S/C16H28N2O2S/c1-16(2,3)13-15(14-9-7-6-8-10-14)17-11-12-21(19,20)18(4)5/h6-10,15,17H,11-13H2,1-5H3. The van der Waals surface area contributed by atoms with E-state index < -0.39 is 10.0 Å². The lowest BCUT2D eigenvalue weighted by Crippen LogP contribution is -2.34. The summed E-state index contributed by atoms with van der Waals surface area (Å²) in [6.45, 7) is 7.04. The number of nitrogens with one attached hydrogen (secondary N) is 1. The van der Waals surface area contributed by atoms with Crippen molar-refractivity contribution in [3.63, 3.8) is 0 Å². The van der Waals surface area contributed by atoms with Gasteiger partial charge in [-0.2, -0.15) is 0 Å². The zero-order valence-electron chi connectivity index (χ0n) is 13.8. The van der Waals surface area contributed by atoms with Crippen LogP contribution in [0.5, 0.6) is 0 Å². The zero-order valence-corrected chi connectivity index (χ0v) is 14.6. The Kier molecular flexibility index (Phi) is 6.38. The minimum absolute atomic E-state index is 0.119. The Bertz CT molecular complexity index is 519. The molecule has 0 fully saturated rings. The van der Waals surface area contributed by atoms with Crippen LogP contribution in [0, 0.1) is 5.41 Å². The number of sulfonamides is 1. The van der Waals surface area contributed by atoms with Gasteiger partial charge in [0.25, 0.3) is 0 Å². The highest BCUT2D eigenvalue weighted by molar-refractivity contribution is 7.89. The molecule has 1 aromatic carbocycles. The van der Waals surface area contributed by atoms with Crippen LogP contribution in [0.3, 0.4) is 0 Å². The fourth-order valence-electron chi connectivity index (χ4n) is 2.15. The van der Waals surface area contributed by atoms with Crippen molar-refractivity contribution in [2.24, 2.45) is 5.41 Å². The first-order chi connectivity index (χ1) is 9.62. The molecule has 0 bridgehead atoms. The van der Waals surface area contributed by atoms with E-state index in [0.29, 0.717) is 6.54 Å². The SMILES string of the molecule is CN(C)S(=O)(=O)CCNC(CC(C)(C)C)c1ccccc1. The highest BCUT2D eigenvalue weighted by Crippen LogP contribution is 2.29. The molecule has 0 amide bonds. The summed E-state index contributed by atoms with van der Waals surface area (Å²) in [5.41, 5.74) is 1.38. The van der Waals surface area contributed by atoms with Crippen molar-refractivity contribution >= 4 is 10.0 Å². The number of benzene rings is 1. The second kappa shape index (κ2) is 7.38. The predicted octanol–water partition coefficient (Wildman–Crippen LogP) is 2.64. The molecule has 0 aliphatic heterocycles. The average Bonchev–Trinajstić information content (AvgIpc) is 2.37. The second-order valence-electron chi connectivity index (χ2n) is 6.78. The molecule has 1 atom stereocenters. The van der Waals surface area contributed by atoms with Gasteiger partial charge in [-0.05, 0) is 17.4 Å². The van der Waals surface area contributed by atoms with E-state index in [4.69, 9.17) is 0 Å². The molecule has 21 heavy (non-hydrogen) atoms. The van der Waals surface area contributed by atoms with Gasteiger partial charge in [-0.3, -0.25) is 0 Å². The van der Waals surface area contributed by atoms with Gasteiger partial charge >= 0.3 is 0 Å². The predicted molar refractivity (Wildman–Crippen MR) is 88.7 cm³/mol. The Labute approximate surface area is 129 Å². The molecule has 4 nitrogen and oxygen atoms in total. The molecule has 1 rings (SSSR count). The van der Waals surface area contributed by atoms with Crippen molar-refractivity contribution in [3.05, 3.63) is 35.9 Å². The van der Waals surface area contributed by atoms with E-state index in [1.54, 1.807) is 14.1 Å².